The fourth-order valence-corrected chi connectivity index (χ4v) is 2.21. The lowest BCUT2D eigenvalue weighted by Crippen LogP contribution is -2.45. The summed E-state index contributed by atoms with van der Waals surface area (Å²) < 4.78 is 5.15. The van der Waals surface area contributed by atoms with Gasteiger partial charge in [-0.1, -0.05) is 0 Å². The number of carbonyl (C=O) groups is 1. The van der Waals surface area contributed by atoms with Crippen molar-refractivity contribution in [1.29, 1.82) is 0 Å². The molecular formula is C13H26N2O2. The molecule has 0 spiro atoms. The average Bonchev–Trinajstić information content (AvgIpc) is 2.36. The van der Waals surface area contributed by atoms with Gasteiger partial charge in [-0.25, -0.2) is 0 Å². The molecule has 1 amide bonds. The zero-order valence-corrected chi connectivity index (χ0v) is 11.3. The molecule has 3 N–H and O–H groups in total. The summed E-state index contributed by atoms with van der Waals surface area (Å²) in [6.45, 7) is 5.14. The zero-order valence-electron chi connectivity index (χ0n) is 11.3. The number of methoxy groups -OCH3 is 1. The maximum Gasteiger partial charge on any atom is 0.251 e. The van der Waals surface area contributed by atoms with E-state index in [4.69, 9.17) is 10.5 Å². The summed E-state index contributed by atoms with van der Waals surface area (Å²) in [7, 11) is 1.56. The van der Waals surface area contributed by atoms with Crippen LogP contribution in [0.5, 0.6) is 0 Å². The predicted octanol–water partition coefficient (Wildman–Crippen LogP) is 1.29. The highest BCUT2D eigenvalue weighted by Gasteiger charge is 2.28. The number of nitrogens with one attached hydrogen (secondary N) is 1. The smallest absolute Gasteiger partial charge is 0.251 e. The van der Waals surface area contributed by atoms with Crippen molar-refractivity contribution in [3.8, 4) is 0 Å². The van der Waals surface area contributed by atoms with Crippen LogP contribution in [0.15, 0.2) is 0 Å². The molecule has 0 radical (unpaired) electrons. The van der Waals surface area contributed by atoms with Crippen molar-refractivity contribution >= 4 is 5.91 Å². The van der Waals surface area contributed by atoms with Gasteiger partial charge in [0.1, 0.15) is 5.60 Å². The van der Waals surface area contributed by atoms with Crippen molar-refractivity contribution in [2.24, 2.45) is 17.6 Å². The maximum absolute atomic E-state index is 11.8. The minimum absolute atomic E-state index is 0.0269. The molecule has 100 valence electrons. The molecule has 0 aromatic rings. The van der Waals surface area contributed by atoms with E-state index in [0.29, 0.717) is 11.8 Å². The van der Waals surface area contributed by atoms with E-state index < -0.39 is 5.60 Å². The Morgan fingerprint density at radius 2 is 1.82 bits per heavy atom. The summed E-state index contributed by atoms with van der Waals surface area (Å²) in [5.74, 6) is 1.27. The quantitative estimate of drug-likeness (QED) is 0.763. The van der Waals surface area contributed by atoms with Gasteiger partial charge >= 0.3 is 0 Å². The van der Waals surface area contributed by atoms with Gasteiger partial charge in [0.05, 0.1) is 0 Å². The van der Waals surface area contributed by atoms with Crippen LogP contribution in [0.1, 0.15) is 39.5 Å². The van der Waals surface area contributed by atoms with Crippen molar-refractivity contribution in [3.05, 3.63) is 0 Å². The molecule has 0 heterocycles. The normalized spacial score (nSPS) is 25.6. The van der Waals surface area contributed by atoms with Crippen LogP contribution < -0.4 is 11.1 Å². The standard InChI is InChI=1S/C13H26N2O2/c1-13(2,17-3)12(16)15-9-11-6-4-10(8-14)5-7-11/h10-11H,4-9,14H2,1-3H3,(H,15,16). The van der Waals surface area contributed by atoms with E-state index in [1.807, 2.05) is 0 Å². The number of nitrogens with two attached hydrogens (primary N) is 1. The molecule has 1 rings (SSSR count). The van der Waals surface area contributed by atoms with E-state index in [1.165, 1.54) is 25.7 Å². The van der Waals surface area contributed by atoms with Crippen LogP contribution in [0.25, 0.3) is 0 Å². The lowest BCUT2D eigenvalue weighted by molar-refractivity contribution is -0.139. The summed E-state index contributed by atoms with van der Waals surface area (Å²) in [4.78, 5) is 11.8. The van der Waals surface area contributed by atoms with Gasteiger partial charge in [0.2, 0.25) is 0 Å². The first-order valence-corrected chi connectivity index (χ1v) is 6.53. The third kappa shape index (κ3) is 4.28. The summed E-state index contributed by atoms with van der Waals surface area (Å²) >= 11 is 0. The number of carbonyl (C=O) groups excluding carboxylic acids is 1. The number of hydrogen-bond donors (Lipinski definition) is 2. The zero-order chi connectivity index (χ0) is 12.9. The molecule has 4 nitrogen and oxygen atoms in total. The van der Waals surface area contributed by atoms with E-state index in [1.54, 1.807) is 21.0 Å². The van der Waals surface area contributed by atoms with Crippen molar-refractivity contribution in [2.45, 2.75) is 45.1 Å². The van der Waals surface area contributed by atoms with Gasteiger partial charge in [0, 0.05) is 13.7 Å². The molecule has 0 aliphatic heterocycles. The molecule has 0 bridgehead atoms. The van der Waals surface area contributed by atoms with E-state index in [2.05, 4.69) is 5.32 Å². The second kappa shape index (κ2) is 6.36. The van der Waals surface area contributed by atoms with Crippen LogP contribution in [0, 0.1) is 11.8 Å². The molecule has 17 heavy (non-hydrogen) atoms. The highest BCUT2D eigenvalue weighted by atomic mass is 16.5. The van der Waals surface area contributed by atoms with Gasteiger partial charge in [-0.2, -0.15) is 0 Å². The minimum Gasteiger partial charge on any atom is -0.369 e. The van der Waals surface area contributed by atoms with Crippen molar-refractivity contribution in [3.63, 3.8) is 0 Å². The number of ether oxygens (including phenoxy) is 1. The number of rotatable bonds is 5. The fourth-order valence-electron chi connectivity index (χ4n) is 2.21. The van der Waals surface area contributed by atoms with Gasteiger partial charge < -0.3 is 15.8 Å². The van der Waals surface area contributed by atoms with Gasteiger partial charge in [-0.3, -0.25) is 4.79 Å². The summed E-state index contributed by atoms with van der Waals surface area (Å²) in [5.41, 5.74) is 4.93. The summed E-state index contributed by atoms with van der Waals surface area (Å²) in [6.07, 6.45) is 4.75. The monoisotopic (exact) mass is 242 g/mol. The van der Waals surface area contributed by atoms with Crippen molar-refractivity contribution in [2.75, 3.05) is 20.2 Å². The maximum atomic E-state index is 11.8. The largest absolute Gasteiger partial charge is 0.369 e. The third-order valence-corrected chi connectivity index (χ3v) is 3.91. The molecule has 1 saturated carbocycles. The van der Waals surface area contributed by atoms with Crippen LogP contribution >= 0.6 is 0 Å². The Hall–Kier alpha value is -0.610. The predicted molar refractivity (Wildman–Crippen MR) is 68.6 cm³/mol. The molecule has 4 heteroatoms. The van der Waals surface area contributed by atoms with E-state index >= 15 is 0 Å². The van der Waals surface area contributed by atoms with Crippen LogP contribution in [-0.2, 0) is 9.53 Å². The van der Waals surface area contributed by atoms with Crippen molar-refractivity contribution in [1.82, 2.24) is 5.32 Å². The Balaban J connectivity index is 2.26. The first-order chi connectivity index (χ1) is 7.99. The highest BCUT2D eigenvalue weighted by Crippen LogP contribution is 2.27. The highest BCUT2D eigenvalue weighted by molar-refractivity contribution is 5.84. The molecule has 1 aliphatic rings. The van der Waals surface area contributed by atoms with Crippen LogP contribution in [0.4, 0.5) is 0 Å². The number of amides is 1. The fraction of sp³-hybridized carbons (Fsp3) is 0.923. The van der Waals surface area contributed by atoms with Gasteiger partial charge in [-0.15, -0.1) is 0 Å². The first kappa shape index (κ1) is 14.5. The second-order valence-electron chi connectivity index (χ2n) is 5.55. The van der Waals surface area contributed by atoms with Gasteiger partial charge in [-0.05, 0) is 57.9 Å². The van der Waals surface area contributed by atoms with Gasteiger partial charge in [0.25, 0.3) is 5.91 Å². The molecular weight excluding hydrogens is 216 g/mol. The Morgan fingerprint density at radius 3 is 2.29 bits per heavy atom. The third-order valence-electron chi connectivity index (χ3n) is 3.91. The van der Waals surface area contributed by atoms with Gasteiger partial charge in [0.15, 0.2) is 0 Å². The number of hydrogen-bond acceptors (Lipinski definition) is 3. The molecule has 0 unspecified atom stereocenters. The molecule has 1 fully saturated rings. The van der Waals surface area contributed by atoms with Crippen LogP contribution in [-0.4, -0.2) is 31.7 Å². The molecule has 0 atom stereocenters. The second-order valence-corrected chi connectivity index (χ2v) is 5.55. The average molecular weight is 242 g/mol. The van der Waals surface area contributed by atoms with E-state index in [-0.39, 0.29) is 5.91 Å². The molecule has 0 aromatic heterocycles. The van der Waals surface area contributed by atoms with Crippen LogP contribution in [0.2, 0.25) is 0 Å². The molecule has 1 aliphatic carbocycles. The first-order valence-electron chi connectivity index (χ1n) is 6.53. The summed E-state index contributed by atoms with van der Waals surface area (Å²) in [5, 5.41) is 2.98. The Bertz CT molecular complexity index is 246. The molecule has 0 aromatic carbocycles. The van der Waals surface area contributed by atoms with E-state index in [0.717, 1.165) is 13.1 Å². The van der Waals surface area contributed by atoms with E-state index in [9.17, 15) is 4.79 Å². The Labute approximate surface area is 104 Å². The van der Waals surface area contributed by atoms with Crippen molar-refractivity contribution < 1.29 is 9.53 Å². The minimum atomic E-state index is -0.728. The van der Waals surface area contributed by atoms with Crippen LogP contribution in [0.3, 0.4) is 0 Å². The lowest BCUT2D eigenvalue weighted by atomic mass is 9.82. The Kier molecular flexibility index (Phi) is 5.40. The topological polar surface area (TPSA) is 64.3 Å². The lowest BCUT2D eigenvalue weighted by Gasteiger charge is -2.29. The molecule has 0 saturated heterocycles. The Morgan fingerprint density at radius 1 is 1.29 bits per heavy atom. The summed E-state index contributed by atoms with van der Waals surface area (Å²) in [6, 6.07) is 0. The SMILES string of the molecule is COC(C)(C)C(=O)NCC1CCC(CN)CC1.